The molecule has 1 N–H and O–H groups in total. The standard InChI is InChI=1S/C15H12N2O2S/c1-19-13-6-4-12(5-7-13)17-15(18)11(10-16)9-14-3-2-8-20-14/h2-9H,1H3,(H,17,18). The molecule has 5 heteroatoms. The van der Waals surface area contributed by atoms with Gasteiger partial charge in [-0.3, -0.25) is 4.79 Å². The molecule has 0 fully saturated rings. The second-order valence-electron chi connectivity index (χ2n) is 3.87. The highest BCUT2D eigenvalue weighted by atomic mass is 32.1. The maximum atomic E-state index is 12.0. The minimum Gasteiger partial charge on any atom is -0.497 e. The van der Waals surface area contributed by atoms with Crippen LogP contribution in [0.2, 0.25) is 0 Å². The van der Waals surface area contributed by atoms with Crippen LogP contribution in [-0.2, 0) is 4.79 Å². The maximum absolute atomic E-state index is 12.0. The highest BCUT2D eigenvalue weighted by Gasteiger charge is 2.09. The van der Waals surface area contributed by atoms with E-state index < -0.39 is 5.91 Å². The van der Waals surface area contributed by atoms with Gasteiger partial charge in [0.05, 0.1) is 7.11 Å². The molecule has 4 nitrogen and oxygen atoms in total. The summed E-state index contributed by atoms with van der Waals surface area (Å²) in [6.45, 7) is 0. The van der Waals surface area contributed by atoms with Crippen molar-refractivity contribution in [3.05, 3.63) is 52.2 Å². The fourth-order valence-electron chi connectivity index (χ4n) is 1.54. The summed E-state index contributed by atoms with van der Waals surface area (Å²) in [6.07, 6.45) is 1.57. The van der Waals surface area contributed by atoms with Crippen molar-refractivity contribution in [3.63, 3.8) is 0 Å². The number of nitriles is 1. The number of thiophene rings is 1. The molecule has 1 aromatic heterocycles. The molecule has 0 aliphatic rings. The number of carbonyl (C=O) groups is 1. The summed E-state index contributed by atoms with van der Waals surface area (Å²) in [5.74, 6) is 0.281. The Bertz CT molecular complexity index is 652. The van der Waals surface area contributed by atoms with Gasteiger partial charge in [-0.25, -0.2) is 0 Å². The molecule has 0 bridgehead atoms. The van der Waals surface area contributed by atoms with Crippen LogP contribution < -0.4 is 10.1 Å². The number of methoxy groups -OCH3 is 1. The summed E-state index contributed by atoms with van der Waals surface area (Å²) in [7, 11) is 1.57. The summed E-state index contributed by atoms with van der Waals surface area (Å²) in [5, 5.41) is 13.6. The first-order chi connectivity index (χ1) is 9.72. The molecular formula is C15H12N2O2S. The van der Waals surface area contributed by atoms with E-state index in [4.69, 9.17) is 10.00 Å². The lowest BCUT2D eigenvalue weighted by Crippen LogP contribution is -2.13. The van der Waals surface area contributed by atoms with Crippen LogP contribution in [-0.4, -0.2) is 13.0 Å². The van der Waals surface area contributed by atoms with Gasteiger partial charge in [0, 0.05) is 10.6 Å². The first-order valence-corrected chi connectivity index (χ1v) is 6.71. The quantitative estimate of drug-likeness (QED) is 0.692. The summed E-state index contributed by atoms with van der Waals surface area (Å²) < 4.78 is 5.04. The summed E-state index contributed by atoms with van der Waals surface area (Å²) in [4.78, 5) is 12.9. The van der Waals surface area contributed by atoms with E-state index in [0.717, 1.165) is 4.88 Å². The van der Waals surface area contributed by atoms with Gasteiger partial charge in [-0.2, -0.15) is 5.26 Å². The number of nitrogens with one attached hydrogen (secondary N) is 1. The van der Waals surface area contributed by atoms with Gasteiger partial charge in [0.25, 0.3) is 5.91 Å². The zero-order valence-electron chi connectivity index (χ0n) is 10.8. The van der Waals surface area contributed by atoms with Gasteiger partial charge in [0.2, 0.25) is 0 Å². The molecule has 2 aromatic rings. The van der Waals surface area contributed by atoms with Crippen LogP contribution in [0.25, 0.3) is 6.08 Å². The number of rotatable bonds is 4. The molecule has 0 aliphatic carbocycles. The normalized spacial score (nSPS) is 10.7. The van der Waals surface area contributed by atoms with Crippen molar-refractivity contribution in [1.82, 2.24) is 0 Å². The third-order valence-corrected chi connectivity index (χ3v) is 3.36. The molecule has 0 aliphatic heterocycles. The van der Waals surface area contributed by atoms with E-state index >= 15 is 0 Å². The zero-order chi connectivity index (χ0) is 14.4. The van der Waals surface area contributed by atoms with Crippen molar-refractivity contribution >= 4 is 29.0 Å². The van der Waals surface area contributed by atoms with E-state index in [9.17, 15) is 4.79 Å². The fourth-order valence-corrected chi connectivity index (χ4v) is 2.19. The van der Waals surface area contributed by atoms with Crippen molar-refractivity contribution < 1.29 is 9.53 Å². The van der Waals surface area contributed by atoms with Crippen molar-refractivity contribution in [3.8, 4) is 11.8 Å². The van der Waals surface area contributed by atoms with Crippen molar-refractivity contribution in [1.29, 1.82) is 5.26 Å². The van der Waals surface area contributed by atoms with Crippen LogP contribution in [0.3, 0.4) is 0 Å². The first-order valence-electron chi connectivity index (χ1n) is 5.83. The molecular weight excluding hydrogens is 272 g/mol. The van der Waals surface area contributed by atoms with E-state index in [1.54, 1.807) is 37.5 Å². The Morgan fingerprint density at radius 3 is 2.65 bits per heavy atom. The second kappa shape index (κ2) is 6.55. The molecule has 1 heterocycles. The molecule has 2 rings (SSSR count). The molecule has 0 spiro atoms. The molecule has 100 valence electrons. The molecule has 0 saturated heterocycles. The maximum Gasteiger partial charge on any atom is 0.266 e. The third-order valence-electron chi connectivity index (χ3n) is 2.54. The van der Waals surface area contributed by atoms with E-state index in [0.29, 0.717) is 11.4 Å². The number of hydrogen-bond acceptors (Lipinski definition) is 4. The summed E-state index contributed by atoms with van der Waals surface area (Å²) >= 11 is 1.47. The van der Waals surface area contributed by atoms with Crippen LogP contribution in [0.1, 0.15) is 4.88 Å². The number of nitrogens with zero attached hydrogens (tertiary/aromatic N) is 1. The van der Waals surface area contributed by atoms with Crippen molar-refractivity contribution in [2.24, 2.45) is 0 Å². The van der Waals surface area contributed by atoms with Gasteiger partial charge < -0.3 is 10.1 Å². The van der Waals surface area contributed by atoms with Crippen molar-refractivity contribution in [2.45, 2.75) is 0 Å². The average molecular weight is 284 g/mol. The van der Waals surface area contributed by atoms with Crippen LogP contribution in [0.5, 0.6) is 5.75 Å². The summed E-state index contributed by atoms with van der Waals surface area (Å²) in [5.41, 5.74) is 0.686. The molecule has 1 amide bonds. The largest absolute Gasteiger partial charge is 0.497 e. The predicted octanol–water partition coefficient (Wildman–Crippen LogP) is 3.30. The molecule has 20 heavy (non-hydrogen) atoms. The zero-order valence-corrected chi connectivity index (χ0v) is 11.6. The van der Waals surface area contributed by atoms with Crippen LogP contribution in [0, 0.1) is 11.3 Å². The number of anilines is 1. The van der Waals surface area contributed by atoms with Gasteiger partial charge in [-0.05, 0) is 41.8 Å². The van der Waals surface area contributed by atoms with Crippen LogP contribution in [0.4, 0.5) is 5.69 Å². The van der Waals surface area contributed by atoms with Gasteiger partial charge in [-0.1, -0.05) is 6.07 Å². The van der Waals surface area contributed by atoms with E-state index in [1.807, 2.05) is 23.6 Å². The summed E-state index contributed by atoms with van der Waals surface area (Å²) in [6, 6.07) is 12.6. The minimum absolute atomic E-state index is 0.0725. The highest BCUT2D eigenvalue weighted by Crippen LogP contribution is 2.17. The van der Waals surface area contributed by atoms with Gasteiger partial charge in [0.1, 0.15) is 17.4 Å². The van der Waals surface area contributed by atoms with Crippen molar-refractivity contribution in [2.75, 3.05) is 12.4 Å². The van der Waals surface area contributed by atoms with Crippen LogP contribution in [0.15, 0.2) is 47.4 Å². The third kappa shape index (κ3) is 3.46. The molecule has 1 aromatic carbocycles. The Morgan fingerprint density at radius 1 is 1.35 bits per heavy atom. The van der Waals surface area contributed by atoms with E-state index in [1.165, 1.54) is 11.3 Å². The van der Waals surface area contributed by atoms with E-state index in [2.05, 4.69) is 5.32 Å². The Morgan fingerprint density at radius 2 is 2.10 bits per heavy atom. The number of hydrogen-bond donors (Lipinski definition) is 1. The van der Waals surface area contributed by atoms with Crippen LogP contribution >= 0.6 is 11.3 Å². The molecule has 0 atom stereocenters. The molecule has 0 saturated carbocycles. The number of carbonyl (C=O) groups excluding carboxylic acids is 1. The fraction of sp³-hybridized carbons (Fsp3) is 0.0667. The first kappa shape index (κ1) is 13.8. The average Bonchev–Trinajstić information content (AvgIpc) is 2.98. The number of amides is 1. The predicted molar refractivity (Wildman–Crippen MR) is 79.5 cm³/mol. The molecule has 0 radical (unpaired) electrons. The number of benzene rings is 1. The Hall–Kier alpha value is -2.58. The smallest absolute Gasteiger partial charge is 0.266 e. The topological polar surface area (TPSA) is 62.1 Å². The Labute approximate surface area is 120 Å². The lowest BCUT2D eigenvalue weighted by atomic mass is 10.2. The lowest BCUT2D eigenvalue weighted by Gasteiger charge is -2.05. The second-order valence-corrected chi connectivity index (χ2v) is 4.85. The molecule has 0 unspecified atom stereocenters. The van der Waals surface area contributed by atoms with Gasteiger partial charge in [0.15, 0.2) is 0 Å². The minimum atomic E-state index is -0.425. The SMILES string of the molecule is COc1ccc(NC(=O)C(C#N)=Cc2cccs2)cc1. The van der Waals surface area contributed by atoms with E-state index in [-0.39, 0.29) is 5.57 Å². The van der Waals surface area contributed by atoms with Gasteiger partial charge in [-0.15, -0.1) is 11.3 Å². The van der Waals surface area contributed by atoms with Gasteiger partial charge >= 0.3 is 0 Å². The monoisotopic (exact) mass is 284 g/mol. The number of ether oxygens (including phenoxy) is 1. The Kier molecular flexibility index (Phi) is 4.53. The highest BCUT2D eigenvalue weighted by molar-refractivity contribution is 7.10. The Balaban J connectivity index is 2.11. The lowest BCUT2D eigenvalue weighted by molar-refractivity contribution is -0.112.